The minimum atomic E-state index is -0.0734. The van der Waals surface area contributed by atoms with Gasteiger partial charge >= 0.3 is 0 Å². The molecular weight excluding hydrogens is 140 g/mol. The van der Waals surface area contributed by atoms with Crippen LogP contribution in [0.1, 0.15) is 19.5 Å². The Morgan fingerprint density at radius 3 is 3.00 bits per heavy atom. The lowest BCUT2D eigenvalue weighted by atomic mass is 10.1. The molecule has 1 aromatic heterocycles. The summed E-state index contributed by atoms with van der Waals surface area (Å²) in [6.45, 7) is 6.96. The van der Waals surface area contributed by atoms with Crippen LogP contribution >= 0.6 is 0 Å². The van der Waals surface area contributed by atoms with Crippen molar-refractivity contribution in [2.45, 2.75) is 32.9 Å². The van der Waals surface area contributed by atoms with E-state index in [-0.39, 0.29) is 5.60 Å². The molecule has 0 unspecified atom stereocenters. The van der Waals surface area contributed by atoms with Gasteiger partial charge in [0.2, 0.25) is 5.88 Å². The van der Waals surface area contributed by atoms with Crippen molar-refractivity contribution in [1.82, 2.24) is 9.78 Å². The van der Waals surface area contributed by atoms with Crippen LogP contribution in [-0.2, 0) is 6.54 Å². The van der Waals surface area contributed by atoms with Gasteiger partial charge in [-0.1, -0.05) is 0 Å². The average molecular weight is 152 g/mol. The monoisotopic (exact) mass is 152 g/mol. The Labute approximate surface area is 66.0 Å². The number of nitrogens with zero attached hydrogens (tertiary/aromatic N) is 2. The Morgan fingerprint density at radius 1 is 1.64 bits per heavy atom. The van der Waals surface area contributed by atoms with Crippen LogP contribution < -0.4 is 4.74 Å². The summed E-state index contributed by atoms with van der Waals surface area (Å²) < 4.78 is 7.53. The van der Waals surface area contributed by atoms with Gasteiger partial charge in [0.15, 0.2) is 0 Å². The first kappa shape index (κ1) is 6.70. The highest BCUT2D eigenvalue weighted by Crippen LogP contribution is 2.28. The lowest BCUT2D eigenvalue weighted by molar-refractivity contribution is 0.135. The summed E-state index contributed by atoms with van der Waals surface area (Å²) in [5.41, 5.74) is 0.950. The van der Waals surface area contributed by atoms with E-state index in [1.807, 2.05) is 17.7 Å². The number of aryl methyl sites for hydroxylation is 1. The molecule has 0 amide bonds. The fourth-order valence-corrected chi connectivity index (χ4v) is 1.39. The lowest BCUT2D eigenvalue weighted by Crippen LogP contribution is -2.26. The van der Waals surface area contributed by atoms with Gasteiger partial charge in [-0.05, 0) is 20.8 Å². The standard InChI is InChI=1S/C8H12N2O/c1-6-4-7-10(9-6)5-8(2,3)11-7/h4H,5H2,1-3H3. The summed E-state index contributed by atoms with van der Waals surface area (Å²) >= 11 is 0. The van der Waals surface area contributed by atoms with Crippen LogP contribution in [0.25, 0.3) is 0 Å². The van der Waals surface area contributed by atoms with E-state index < -0.39 is 0 Å². The van der Waals surface area contributed by atoms with Crippen LogP contribution in [0, 0.1) is 6.92 Å². The first-order valence-corrected chi connectivity index (χ1v) is 3.80. The maximum atomic E-state index is 5.62. The minimum Gasteiger partial charge on any atom is -0.470 e. The molecule has 0 aromatic carbocycles. The van der Waals surface area contributed by atoms with Gasteiger partial charge in [-0.3, -0.25) is 0 Å². The van der Waals surface area contributed by atoms with Gasteiger partial charge in [0.25, 0.3) is 0 Å². The van der Waals surface area contributed by atoms with E-state index in [9.17, 15) is 0 Å². The summed E-state index contributed by atoms with van der Waals surface area (Å²) in [5.74, 6) is 0.896. The third-order valence-electron chi connectivity index (χ3n) is 1.78. The van der Waals surface area contributed by atoms with Crippen LogP contribution in [0.15, 0.2) is 6.07 Å². The van der Waals surface area contributed by atoms with Gasteiger partial charge in [-0.2, -0.15) is 5.10 Å². The summed E-state index contributed by atoms with van der Waals surface area (Å²) in [7, 11) is 0. The van der Waals surface area contributed by atoms with Crippen LogP contribution in [0.5, 0.6) is 5.88 Å². The fourth-order valence-electron chi connectivity index (χ4n) is 1.39. The zero-order chi connectivity index (χ0) is 8.06. The van der Waals surface area contributed by atoms with Crippen molar-refractivity contribution >= 4 is 0 Å². The zero-order valence-electron chi connectivity index (χ0n) is 7.09. The second-order valence-electron chi connectivity index (χ2n) is 3.64. The first-order valence-electron chi connectivity index (χ1n) is 3.80. The maximum absolute atomic E-state index is 5.62. The van der Waals surface area contributed by atoms with Gasteiger partial charge in [0.05, 0.1) is 12.2 Å². The van der Waals surface area contributed by atoms with Gasteiger partial charge in [-0.15, -0.1) is 0 Å². The Bertz CT molecular complexity index is 263. The topological polar surface area (TPSA) is 27.1 Å². The maximum Gasteiger partial charge on any atom is 0.212 e. The summed E-state index contributed by atoms with van der Waals surface area (Å²) in [6, 6.07) is 1.97. The molecule has 3 heteroatoms. The molecule has 0 N–H and O–H groups in total. The van der Waals surface area contributed by atoms with E-state index >= 15 is 0 Å². The molecule has 0 bridgehead atoms. The molecule has 2 rings (SSSR count). The summed E-state index contributed by atoms with van der Waals surface area (Å²) in [6.07, 6.45) is 0. The third kappa shape index (κ3) is 1.00. The first-order chi connectivity index (χ1) is 5.07. The van der Waals surface area contributed by atoms with Gasteiger partial charge < -0.3 is 4.74 Å². The minimum absolute atomic E-state index is 0.0734. The van der Waals surface area contributed by atoms with E-state index in [1.54, 1.807) is 0 Å². The quantitative estimate of drug-likeness (QED) is 0.561. The van der Waals surface area contributed by atoms with Crippen molar-refractivity contribution in [1.29, 1.82) is 0 Å². The molecule has 0 saturated carbocycles. The number of hydrogen-bond acceptors (Lipinski definition) is 2. The van der Waals surface area contributed by atoms with Gasteiger partial charge in [-0.25, -0.2) is 4.68 Å². The van der Waals surface area contributed by atoms with Crippen LogP contribution in [0.3, 0.4) is 0 Å². The van der Waals surface area contributed by atoms with Crippen LogP contribution in [0.2, 0.25) is 0 Å². The number of rotatable bonds is 0. The van der Waals surface area contributed by atoms with Crippen molar-refractivity contribution in [2.75, 3.05) is 0 Å². The zero-order valence-corrected chi connectivity index (χ0v) is 7.09. The molecule has 0 spiro atoms. The molecule has 1 aliphatic heterocycles. The molecule has 0 saturated heterocycles. The van der Waals surface area contributed by atoms with E-state index in [2.05, 4.69) is 18.9 Å². The van der Waals surface area contributed by atoms with Crippen molar-refractivity contribution < 1.29 is 4.74 Å². The van der Waals surface area contributed by atoms with E-state index in [0.29, 0.717) is 0 Å². The van der Waals surface area contributed by atoms with E-state index in [1.165, 1.54) is 0 Å². The third-order valence-corrected chi connectivity index (χ3v) is 1.78. The molecule has 60 valence electrons. The van der Waals surface area contributed by atoms with Crippen molar-refractivity contribution in [3.63, 3.8) is 0 Å². The smallest absolute Gasteiger partial charge is 0.212 e. The van der Waals surface area contributed by atoms with Crippen molar-refractivity contribution in [3.05, 3.63) is 11.8 Å². The Morgan fingerprint density at radius 2 is 2.36 bits per heavy atom. The molecule has 1 aliphatic rings. The molecular formula is C8H12N2O. The second kappa shape index (κ2) is 1.78. The van der Waals surface area contributed by atoms with Crippen LogP contribution in [-0.4, -0.2) is 15.4 Å². The number of fused-ring (bicyclic) bond motifs is 1. The fraction of sp³-hybridized carbons (Fsp3) is 0.625. The molecule has 0 atom stereocenters. The largest absolute Gasteiger partial charge is 0.470 e. The highest BCUT2D eigenvalue weighted by Gasteiger charge is 2.30. The number of aromatic nitrogens is 2. The lowest BCUT2D eigenvalue weighted by Gasteiger charge is -2.15. The Balaban J connectivity index is 2.37. The molecule has 0 fully saturated rings. The molecule has 1 aromatic rings. The number of hydrogen-bond donors (Lipinski definition) is 0. The predicted octanol–water partition coefficient (Wildman–Crippen LogP) is 1.36. The van der Waals surface area contributed by atoms with Gasteiger partial charge in [0, 0.05) is 6.07 Å². The average Bonchev–Trinajstić information content (AvgIpc) is 2.17. The molecule has 11 heavy (non-hydrogen) atoms. The van der Waals surface area contributed by atoms with E-state index in [4.69, 9.17) is 4.74 Å². The molecule has 2 heterocycles. The predicted molar refractivity (Wildman–Crippen MR) is 41.7 cm³/mol. The van der Waals surface area contributed by atoms with Crippen molar-refractivity contribution in [2.24, 2.45) is 0 Å². The molecule has 0 radical (unpaired) electrons. The van der Waals surface area contributed by atoms with Crippen LogP contribution in [0.4, 0.5) is 0 Å². The van der Waals surface area contributed by atoms with E-state index in [0.717, 1.165) is 18.1 Å². The van der Waals surface area contributed by atoms with Gasteiger partial charge in [0.1, 0.15) is 5.60 Å². The normalized spacial score (nSPS) is 19.5. The Kier molecular flexibility index (Phi) is 1.09. The highest BCUT2D eigenvalue weighted by molar-refractivity contribution is 5.19. The molecule has 3 nitrogen and oxygen atoms in total. The SMILES string of the molecule is Cc1cc2n(n1)CC(C)(C)O2. The summed E-state index contributed by atoms with van der Waals surface area (Å²) in [4.78, 5) is 0. The van der Waals surface area contributed by atoms with Crippen molar-refractivity contribution in [3.8, 4) is 5.88 Å². The number of ether oxygens (including phenoxy) is 1. The summed E-state index contributed by atoms with van der Waals surface area (Å²) in [5, 5.41) is 4.28. The molecule has 0 aliphatic carbocycles. The highest BCUT2D eigenvalue weighted by atomic mass is 16.5. The second-order valence-corrected chi connectivity index (χ2v) is 3.64. The Hall–Kier alpha value is -0.990.